The number of rotatable bonds is 3. The first-order valence-corrected chi connectivity index (χ1v) is 7.05. The Morgan fingerprint density at radius 1 is 1.44 bits per heavy atom. The van der Waals surface area contributed by atoms with Gasteiger partial charge in [0.2, 0.25) is 0 Å². The fraction of sp³-hybridized carbons (Fsp3) is 0.556. The fourth-order valence-electron chi connectivity index (χ4n) is 1.88. The van der Waals surface area contributed by atoms with E-state index in [9.17, 15) is 14.2 Å². The lowest BCUT2D eigenvalue weighted by molar-refractivity contribution is 0.0606. The molecule has 9 heteroatoms. The Labute approximate surface area is 101 Å². The van der Waals surface area contributed by atoms with Gasteiger partial charge in [-0.15, -0.1) is 0 Å². The quantitative estimate of drug-likeness (QED) is 0.622. The minimum atomic E-state index is -4.24. The van der Waals surface area contributed by atoms with Gasteiger partial charge in [0.15, 0.2) is 5.85 Å². The fourth-order valence-corrected chi connectivity index (χ4v) is 2.69. The molecule has 0 aromatic carbocycles. The number of aromatic amines is 1. The lowest BCUT2D eigenvalue weighted by atomic mass is 10.2. The third-order valence-corrected chi connectivity index (χ3v) is 3.89. The van der Waals surface area contributed by atoms with E-state index in [1.165, 1.54) is 16.8 Å². The van der Waals surface area contributed by atoms with Gasteiger partial charge in [-0.05, 0) is 12.8 Å². The Balaban J connectivity index is 2.06. The van der Waals surface area contributed by atoms with Crippen LogP contribution >= 0.6 is 7.60 Å². The maximum atomic E-state index is 11.4. The summed E-state index contributed by atoms with van der Waals surface area (Å²) >= 11 is 0. The second-order valence-corrected chi connectivity index (χ2v) is 5.90. The largest absolute Gasteiger partial charge is 0.360 e. The third kappa shape index (κ3) is 2.97. The Morgan fingerprint density at radius 3 is 2.72 bits per heavy atom. The second-order valence-electron chi connectivity index (χ2n) is 4.14. The van der Waals surface area contributed by atoms with Gasteiger partial charge in [0.05, 0.1) is 12.6 Å². The summed E-state index contributed by atoms with van der Waals surface area (Å²) in [7, 11) is -4.24. The molecule has 1 fully saturated rings. The molecular formula is C9H13N2O6P. The number of hydrogen-bond acceptors (Lipinski definition) is 4. The van der Waals surface area contributed by atoms with Gasteiger partial charge in [-0.3, -0.25) is 18.9 Å². The summed E-state index contributed by atoms with van der Waals surface area (Å²) in [5, 5.41) is 0. The van der Waals surface area contributed by atoms with Crippen LogP contribution in [0.4, 0.5) is 0 Å². The van der Waals surface area contributed by atoms with Crippen LogP contribution < -0.4 is 11.2 Å². The van der Waals surface area contributed by atoms with Crippen molar-refractivity contribution in [2.24, 2.45) is 0 Å². The number of aromatic nitrogens is 2. The number of ether oxygens (including phenoxy) is 1. The topological polar surface area (TPSA) is 122 Å². The molecule has 1 aromatic rings. The Bertz CT molecular complexity index is 587. The first-order valence-electron chi connectivity index (χ1n) is 5.37. The summed E-state index contributed by atoms with van der Waals surface area (Å²) in [5.41, 5.74) is -1.05. The summed E-state index contributed by atoms with van der Waals surface area (Å²) in [4.78, 5) is 42.3. The number of nitrogens with one attached hydrogen (secondary N) is 1. The molecule has 1 aliphatic heterocycles. The minimum Gasteiger partial charge on any atom is -0.360 e. The van der Waals surface area contributed by atoms with Crippen molar-refractivity contribution >= 4 is 7.60 Å². The van der Waals surface area contributed by atoms with E-state index in [0.717, 1.165) is 0 Å². The van der Waals surface area contributed by atoms with E-state index in [1.54, 1.807) is 0 Å². The summed E-state index contributed by atoms with van der Waals surface area (Å²) in [6.45, 7) is 0.159. The molecule has 8 nitrogen and oxygen atoms in total. The highest BCUT2D eigenvalue weighted by Gasteiger charge is 2.37. The number of H-pyrrole nitrogens is 1. The molecule has 18 heavy (non-hydrogen) atoms. The Hall–Kier alpha value is -1.21. The molecule has 1 aliphatic rings. The highest BCUT2D eigenvalue weighted by molar-refractivity contribution is 7.52. The van der Waals surface area contributed by atoms with Crippen molar-refractivity contribution in [3.63, 3.8) is 0 Å². The molecule has 0 amide bonds. The van der Waals surface area contributed by atoms with E-state index in [4.69, 9.17) is 14.5 Å². The van der Waals surface area contributed by atoms with Crippen LogP contribution in [0.3, 0.4) is 0 Å². The average Bonchev–Trinajstić information content (AvgIpc) is 2.70. The van der Waals surface area contributed by atoms with Crippen LogP contribution in [0.2, 0.25) is 0 Å². The SMILES string of the molecule is O=c1ccn(CC2CCC(P(=O)(O)O)O2)c(=O)[nH]1. The van der Waals surface area contributed by atoms with Crippen molar-refractivity contribution in [1.82, 2.24) is 9.55 Å². The molecule has 1 aromatic heterocycles. The third-order valence-electron chi connectivity index (χ3n) is 2.76. The van der Waals surface area contributed by atoms with Crippen molar-refractivity contribution in [1.29, 1.82) is 0 Å². The summed E-state index contributed by atoms with van der Waals surface area (Å²) in [6.07, 6.45) is 1.61. The highest BCUT2D eigenvalue weighted by Crippen LogP contribution is 2.47. The molecule has 0 bridgehead atoms. The zero-order chi connectivity index (χ0) is 13.3. The lowest BCUT2D eigenvalue weighted by Crippen LogP contribution is -2.32. The minimum absolute atomic E-state index is 0.159. The molecule has 2 atom stereocenters. The smallest absolute Gasteiger partial charge is 0.354 e. The number of hydrogen-bond donors (Lipinski definition) is 3. The normalized spacial score (nSPS) is 24.3. The van der Waals surface area contributed by atoms with Crippen LogP contribution in [-0.4, -0.2) is 31.3 Å². The van der Waals surface area contributed by atoms with Crippen LogP contribution in [0, 0.1) is 0 Å². The van der Waals surface area contributed by atoms with Gasteiger partial charge in [0, 0.05) is 12.3 Å². The lowest BCUT2D eigenvalue weighted by Gasteiger charge is -2.15. The zero-order valence-corrected chi connectivity index (χ0v) is 10.2. The molecule has 2 heterocycles. The van der Waals surface area contributed by atoms with Crippen LogP contribution in [0.25, 0.3) is 0 Å². The van der Waals surface area contributed by atoms with Crippen LogP contribution in [-0.2, 0) is 15.8 Å². The van der Waals surface area contributed by atoms with Crippen LogP contribution in [0.1, 0.15) is 12.8 Å². The summed E-state index contributed by atoms with van der Waals surface area (Å²) in [5.74, 6) is -1.10. The molecule has 0 aliphatic carbocycles. The van der Waals surface area contributed by atoms with Crippen molar-refractivity contribution in [2.45, 2.75) is 31.3 Å². The van der Waals surface area contributed by atoms with Crippen molar-refractivity contribution in [2.75, 3.05) is 0 Å². The molecule has 2 rings (SSSR count). The van der Waals surface area contributed by atoms with Crippen LogP contribution in [0.15, 0.2) is 21.9 Å². The van der Waals surface area contributed by atoms with Gasteiger partial charge in [0.1, 0.15) is 0 Å². The molecule has 0 spiro atoms. The maximum absolute atomic E-state index is 11.4. The molecule has 100 valence electrons. The molecular weight excluding hydrogens is 263 g/mol. The van der Waals surface area contributed by atoms with E-state index in [2.05, 4.69) is 4.98 Å². The van der Waals surface area contributed by atoms with Gasteiger partial charge in [-0.1, -0.05) is 0 Å². The highest BCUT2D eigenvalue weighted by atomic mass is 31.2. The predicted octanol–water partition coefficient (Wildman–Crippen LogP) is -0.781. The average molecular weight is 276 g/mol. The van der Waals surface area contributed by atoms with E-state index in [1.807, 2.05) is 0 Å². The summed E-state index contributed by atoms with van der Waals surface area (Å²) < 4.78 is 17.4. The van der Waals surface area contributed by atoms with Crippen molar-refractivity contribution < 1.29 is 19.1 Å². The molecule has 1 saturated heterocycles. The first kappa shape index (κ1) is 13.2. The van der Waals surface area contributed by atoms with E-state index in [0.29, 0.717) is 6.42 Å². The van der Waals surface area contributed by atoms with E-state index in [-0.39, 0.29) is 13.0 Å². The Kier molecular flexibility index (Phi) is 3.54. The zero-order valence-electron chi connectivity index (χ0n) is 9.35. The molecule has 2 unspecified atom stereocenters. The monoisotopic (exact) mass is 276 g/mol. The standard InChI is InChI=1S/C9H13N2O6P/c12-7-3-4-11(9(13)10-7)5-6-1-2-8(17-6)18(14,15)16/h3-4,6,8H,1-2,5H2,(H,10,12,13)(H2,14,15,16). The Morgan fingerprint density at radius 2 is 2.17 bits per heavy atom. The van der Waals surface area contributed by atoms with Crippen molar-refractivity contribution in [3.8, 4) is 0 Å². The molecule has 3 N–H and O–H groups in total. The molecule has 0 saturated carbocycles. The summed E-state index contributed by atoms with van der Waals surface area (Å²) in [6, 6.07) is 1.21. The second kappa shape index (κ2) is 4.81. The first-order chi connectivity index (χ1) is 8.36. The van der Waals surface area contributed by atoms with E-state index >= 15 is 0 Å². The van der Waals surface area contributed by atoms with E-state index < -0.39 is 30.8 Å². The number of nitrogens with zero attached hydrogens (tertiary/aromatic N) is 1. The van der Waals surface area contributed by atoms with Gasteiger partial charge < -0.3 is 14.5 Å². The van der Waals surface area contributed by atoms with Crippen molar-refractivity contribution in [3.05, 3.63) is 33.1 Å². The van der Waals surface area contributed by atoms with Gasteiger partial charge in [-0.2, -0.15) is 0 Å². The molecule has 0 radical (unpaired) electrons. The maximum Gasteiger partial charge on any atom is 0.354 e. The van der Waals surface area contributed by atoms with Gasteiger partial charge >= 0.3 is 13.3 Å². The predicted molar refractivity (Wildman–Crippen MR) is 61.3 cm³/mol. The van der Waals surface area contributed by atoms with Gasteiger partial charge in [0.25, 0.3) is 5.56 Å². The van der Waals surface area contributed by atoms with Gasteiger partial charge in [-0.25, -0.2) is 4.79 Å². The van der Waals surface area contributed by atoms with Crippen LogP contribution in [0.5, 0.6) is 0 Å².